The number of esters is 1. The molecule has 4 rings (SSSR count). The van der Waals surface area contributed by atoms with Crippen LogP contribution in [0, 0.1) is 11.8 Å². The topological polar surface area (TPSA) is 87.7 Å². The summed E-state index contributed by atoms with van der Waals surface area (Å²) in [5.41, 5.74) is 3.77. The Morgan fingerprint density at radius 3 is 2.61 bits per heavy atom. The molecular formula is C22H22N2O4. The Hall–Kier alpha value is -3.28. The number of methoxy groups -OCH3 is 1. The molecule has 0 bridgehead atoms. The van der Waals surface area contributed by atoms with Crippen molar-refractivity contribution in [2.45, 2.75) is 19.4 Å². The number of nitrogens with one attached hydrogen (secondary N) is 2. The zero-order chi connectivity index (χ0) is 19.8. The molecule has 2 aliphatic rings. The maximum absolute atomic E-state index is 13.4. The zero-order valence-electron chi connectivity index (χ0n) is 15.7. The predicted octanol–water partition coefficient (Wildman–Crippen LogP) is 3.62. The van der Waals surface area contributed by atoms with Gasteiger partial charge in [0, 0.05) is 11.3 Å². The van der Waals surface area contributed by atoms with Crippen LogP contribution < -0.4 is 10.6 Å². The predicted molar refractivity (Wildman–Crippen MR) is 106 cm³/mol. The van der Waals surface area contributed by atoms with Gasteiger partial charge >= 0.3 is 5.97 Å². The van der Waals surface area contributed by atoms with Crippen molar-refractivity contribution in [3.63, 3.8) is 0 Å². The number of phenolic OH excluding ortho intramolecular Hbond substituents is 1. The highest BCUT2D eigenvalue weighted by atomic mass is 16.5. The van der Waals surface area contributed by atoms with Gasteiger partial charge in [-0.15, -0.1) is 0 Å². The number of anilines is 2. The summed E-state index contributed by atoms with van der Waals surface area (Å²) in [4.78, 5) is 25.8. The van der Waals surface area contributed by atoms with Crippen LogP contribution in [0.3, 0.4) is 0 Å². The Balaban J connectivity index is 1.88. The van der Waals surface area contributed by atoms with Crippen LogP contribution >= 0.6 is 0 Å². The number of fused-ring (bicyclic) bond motifs is 1. The number of hydrogen-bond donors (Lipinski definition) is 3. The number of benzene rings is 2. The van der Waals surface area contributed by atoms with Gasteiger partial charge in [0.25, 0.3) is 0 Å². The number of Topliss-reactive ketones (excluding diaryl/α,β-unsaturated/α-hetero) is 1. The highest BCUT2D eigenvalue weighted by Crippen LogP contribution is 2.44. The second-order valence-corrected chi connectivity index (χ2v) is 7.28. The number of para-hydroxylation sites is 2. The van der Waals surface area contributed by atoms with E-state index in [-0.39, 0.29) is 17.5 Å². The molecule has 144 valence electrons. The van der Waals surface area contributed by atoms with Crippen molar-refractivity contribution in [1.82, 2.24) is 0 Å². The molecule has 6 heteroatoms. The molecule has 3 atom stereocenters. The maximum Gasteiger partial charge on any atom is 0.316 e. The standard InChI is InChI=1S/C22H22N2O4/c1-12-10-17-19(21(26)18(12)22(27)28-2)20(13-6-5-7-14(25)11-13)24-16-9-4-3-8-15(16)23-17/h3-9,11-12,18,20,23-25H,10H2,1-2H3/t12-,18-,20-/m0/s1. The van der Waals surface area contributed by atoms with Crippen LogP contribution in [0.15, 0.2) is 59.8 Å². The van der Waals surface area contributed by atoms with E-state index >= 15 is 0 Å². The summed E-state index contributed by atoms with van der Waals surface area (Å²) in [6, 6.07) is 14.0. The molecule has 0 radical (unpaired) electrons. The number of rotatable bonds is 2. The Labute approximate surface area is 163 Å². The van der Waals surface area contributed by atoms with Gasteiger partial charge in [0.2, 0.25) is 0 Å². The molecule has 0 unspecified atom stereocenters. The molecule has 2 aromatic rings. The molecule has 0 amide bonds. The van der Waals surface area contributed by atoms with Gasteiger partial charge in [0.15, 0.2) is 5.78 Å². The van der Waals surface area contributed by atoms with Gasteiger partial charge in [0.1, 0.15) is 11.7 Å². The highest BCUT2D eigenvalue weighted by Gasteiger charge is 2.44. The molecule has 0 saturated heterocycles. The van der Waals surface area contributed by atoms with Crippen LogP contribution in [-0.4, -0.2) is 24.0 Å². The van der Waals surface area contributed by atoms with Crippen LogP contribution in [0.25, 0.3) is 0 Å². The molecule has 0 fully saturated rings. The van der Waals surface area contributed by atoms with Gasteiger partial charge in [-0.05, 0) is 42.2 Å². The maximum atomic E-state index is 13.4. The van der Waals surface area contributed by atoms with Crippen molar-refractivity contribution < 1.29 is 19.4 Å². The first-order chi connectivity index (χ1) is 13.5. The van der Waals surface area contributed by atoms with Gasteiger partial charge in [-0.3, -0.25) is 9.59 Å². The van der Waals surface area contributed by atoms with Crippen molar-refractivity contribution in [1.29, 1.82) is 0 Å². The van der Waals surface area contributed by atoms with Gasteiger partial charge in [-0.2, -0.15) is 0 Å². The van der Waals surface area contributed by atoms with E-state index in [9.17, 15) is 14.7 Å². The SMILES string of the molecule is COC(=O)[C@@H]1C(=O)C2=C(C[C@@H]1C)Nc1ccccc1N[C@H]2c1cccc(O)c1. The molecule has 0 spiro atoms. The minimum absolute atomic E-state index is 0.119. The van der Waals surface area contributed by atoms with E-state index in [1.54, 1.807) is 18.2 Å². The Morgan fingerprint density at radius 1 is 1.14 bits per heavy atom. The lowest BCUT2D eigenvalue weighted by molar-refractivity contribution is -0.151. The van der Waals surface area contributed by atoms with Gasteiger partial charge in [0.05, 0.1) is 24.5 Å². The minimum Gasteiger partial charge on any atom is -0.508 e. The largest absolute Gasteiger partial charge is 0.508 e. The number of phenols is 1. The van der Waals surface area contributed by atoms with E-state index in [0.29, 0.717) is 12.0 Å². The van der Waals surface area contributed by atoms with E-state index in [2.05, 4.69) is 10.6 Å². The van der Waals surface area contributed by atoms with Gasteiger partial charge in [-0.1, -0.05) is 31.2 Å². The Bertz CT molecular complexity index is 982. The van der Waals surface area contributed by atoms with E-state index in [4.69, 9.17) is 4.74 Å². The summed E-state index contributed by atoms with van der Waals surface area (Å²) in [5.74, 6) is -1.66. The summed E-state index contributed by atoms with van der Waals surface area (Å²) in [6.45, 7) is 1.89. The molecule has 0 aromatic heterocycles. The van der Waals surface area contributed by atoms with E-state index in [1.807, 2.05) is 37.3 Å². The molecule has 2 aromatic carbocycles. The second kappa shape index (κ2) is 7.03. The zero-order valence-corrected chi connectivity index (χ0v) is 15.7. The molecule has 28 heavy (non-hydrogen) atoms. The number of aromatic hydroxyl groups is 1. The molecule has 0 saturated carbocycles. The quantitative estimate of drug-likeness (QED) is 0.546. The fourth-order valence-corrected chi connectivity index (χ4v) is 4.09. The number of carbonyl (C=O) groups is 2. The molecule has 1 heterocycles. The Morgan fingerprint density at radius 2 is 1.89 bits per heavy atom. The third kappa shape index (κ3) is 3.01. The number of hydrogen-bond acceptors (Lipinski definition) is 6. The van der Waals surface area contributed by atoms with Gasteiger partial charge in [-0.25, -0.2) is 0 Å². The number of carbonyl (C=O) groups excluding carboxylic acids is 2. The van der Waals surface area contributed by atoms with Crippen molar-refractivity contribution in [2.24, 2.45) is 11.8 Å². The number of allylic oxidation sites excluding steroid dienone is 1. The van der Waals surface area contributed by atoms with Crippen LogP contribution in [0.4, 0.5) is 11.4 Å². The lowest BCUT2D eigenvalue weighted by Crippen LogP contribution is -2.39. The van der Waals surface area contributed by atoms with Crippen molar-refractivity contribution >= 4 is 23.1 Å². The smallest absolute Gasteiger partial charge is 0.316 e. The van der Waals surface area contributed by atoms with Crippen LogP contribution in [0.2, 0.25) is 0 Å². The summed E-state index contributed by atoms with van der Waals surface area (Å²) in [7, 11) is 1.30. The summed E-state index contributed by atoms with van der Waals surface area (Å²) in [6.07, 6.45) is 0.548. The van der Waals surface area contributed by atoms with Crippen molar-refractivity contribution in [2.75, 3.05) is 17.7 Å². The second-order valence-electron chi connectivity index (χ2n) is 7.28. The van der Waals surface area contributed by atoms with Crippen molar-refractivity contribution in [3.05, 3.63) is 65.4 Å². The third-order valence-corrected chi connectivity index (χ3v) is 5.43. The minimum atomic E-state index is -0.839. The number of ketones is 1. The fraction of sp³-hybridized carbons (Fsp3) is 0.273. The summed E-state index contributed by atoms with van der Waals surface area (Å²) < 4.78 is 4.90. The summed E-state index contributed by atoms with van der Waals surface area (Å²) >= 11 is 0. The van der Waals surface area contributed by atoms with Gasteiger partial charge < -0.3 is 20.5 Å². The molecule has 3 N–H and O–H groups in total. The van der Waals surface area contributed by atoms with Crippen LogP contribution in [-0.2, 0) is 14.3 Å². The molecule has 1 aliphatic carbocycles. The normalized spacial score (nSPS) is 23.6. The first-order valence-electron chi connectivity index (χ1n) is 9.26. The van der Waals surface area contributed by atoms with Crippen molar-refractivity contribution in [3.8, 4) is 5.75 Å². The Kier molecular flexibility index (Phi) is 4.55. The lowest BCUT2D eigenvalue weighted by atomic mass is 9.75. The fourth-order valence-electron chi connectivity index (χ4n) is 4.09. The molecular weight excluding hydrogens is 356 g/mol. The lowest BCUT2D eigenvalue weighted by Gasteiger charge is -2.32. The third-order valence-electron chi connectivity index (χ3n) is 5.43. The average molecular weight is 378 g/mol. The van der Waals surface area contributed by atoms with Crippen LogP contribution in [0.5, 0.6) is 5.75 Å². The highest BCUT2D eigenvalue weighted by molar-refractivity contribution is 6.11. The van der Waals surface area contributed by atoms with E-state index in [1.165, 1.54) is 7.11 Å². The van der Waals surface area contributed by atoms with Crippen LogP contribution in [0.1, 0.15) is 24.9 Å². The average Bonchev–Trinajstić information content (AvgIpc) is 2.84. The number of ether oxygens (including phenoxy) is 1. The first kappa shape index (κ1) is 18.1. The molecule has 6 nitrogen and oxygen atoms in total. The van der Waals surface area contributed by atoms with E-state index < -0.39 is 17.9 Å². The summed E-state index contributed by atoms with van der Waals surface area (Å²) in [5, 5.41) is 16.8. The molecule has 1 aliphatic heterocycles. The van der Waals surface area contributed by atoms with E-state index in [0.717, 1.165) is 22.6 Å². The monoisotopic (exact) mass is 378 g/mol. The first-order valence-corrected chi connectivity index (χ1v) is 9.26.